The molecule has 0 bridgehead atoms. The minimum absolute atomic E-state index is 0.00354. The van der Waals surface area contributed by atoms with E-state index in [-0.39, 0.29) is 6.04 Å². The molecule has 2 atom stereocenters. The van der Waals surface area contributed by atoms with Gasteiger partial charge in [-0.3, -0.25) is 0 Å². The van der Waals surface area contributed by atoms with Crippen LogP contribution in [0.2, 0.25) is 0 Å². The second-order valence-electron chi connectivity index (χ2n) is 4.74. The highest BCUT2D eigenvalue weighted by Crippen LogP contribution is 2.30. The molecule has 0 saturated carbocycles. The van der Waals surface area contributed by atoms with Crippen molar-refractivity contribution in [2.75, 3.05) is 26.9 Å². The van der Waals surface area contributed by atoms with Crippen LogP contribution >= 0.6 is 0 Å². The first-order chi connectivity index (χ1) is 8.70. The number of rotatable bonds is 5. The molecule has 0 aliphatic carbocycles. The van der Waals surface area contributed by atoms with Gasteiger partial charge in [-0.1, -0.05) is 6.07 Å². The van der Waals surface area contributed by atoms with Crippen LogP contribution in [0.4, 0.5) is 0 Å². The van der Waals surface area contributed by atoms with E-state index in [9.17, 15) is 0 Å². The third-order valence-corrected chi connectivity index (χ3v) is 3.21. The molecule has 2 rings (SSSR count). The summed E-state index contributed by atoms with van der Waals surface area (Å²) in [5.41, 5.74) is 6.89. The van der Waals surface area contributed by atoms with Gasteiger partial charge in [0, 0.05) is 18.6 Å². The zero-order valence-corrected chi connectivity index (χ0v) is 11.0. The summed E-state index contributed by atoms with van der Waals surface area (Å²) in [6.45, 7) is 4.26. The van der Waals surface area contributed by atoms with E-state index in [2.05, 4.69) is 0 Å². The average Bonchev–Trinajstić information content (AvgIpc) is 2.89. The van der Waals surface area contributed by atoms with E-state index >= 15 is 0 Å². The van der Waals surface area contributed by atoms with E-state index in [1.807, 2.05) is 25.1 Å². The molecule has 0 radical (unpaired) electrons. The van der Waals surface area contributed by atoms with Gasteiger partial charge in [0.25, 0.3) is 0 Å². The summed E-state index contributed by atoms with van der Waals surface area (Å²) in [5, 5.41) is 0. The van der Waals surface area contributed by atoms with Crippen molar-refractivity contribution in [2.24, 2.45) is 11.7 Å². The van der Waals surface area contributed by atoms with Crippen molar-refractivity contribution in [3.05, 3.63) is 23.8 Å². The van der Waals surface area contributed by atoms with Gasteiger partial charge in [0.1, 0.15) is 0 Å². The largest absolute Gasteiger partial charge is 0.493 e. The Labute approximate surface area is 108 Å². The lowest BCUT2D eigenvalue weighted by molar-refractivity contribution is 0.165. The summed E-state index contributed by atoms with van der Waals surface area (Å²) in [5.74, 6) is 2.00. The monoisotopic (exact) mass is 251 g/mol. The van der Waals surface area contributed by atoms with Gasteiger partial charge in [-0.15, -0.1) is 0 Å². The molecule has 1 aliphatic heterocycles. The molecule has 1 aromatic carbocycles. The molecule has 1 fully saturated rings. The number of hydrogen-bond donors (Lipinski definition) is 1. The lowest BCUT2D eigenvalue weighted by Crippen LogP contribution is -2.12. The highest BCUT2D eigenvalue weighted by molar-refractivity contribution is 5.43. The Balaban J connectivity index is 2.02. The highest BCUT2D eigenvalue weighted by atomic mass is 16.5. The minimum atomic E-state index is -0.00354. The number of nitrogens with two attached hydrogens (primary N) is 1. The first kappa shape index (κ1) is 13.2. The maximum atomic E-state index is 5.85. The lowest BCUT2D eigenvalue weighted by Gasteiger charge is -2.15. The van der Waals surface area contributed by atoms with Crippen LogP contribution in [0.25, 0.3) is 0 Å². The highest BCUT2D eigenvalue weighted by Gasteiger charge is 2.17. The van der Waals surface area contributed by atoms with Gasteiger partial charge in [0.15, 0.2) is 11.5 Å². The third-order valence-electron chi connectivity index (χ3n) is 3.21. The van der Waals surface area contributed by atoms with Crippen LogP contribution in [-0.2, 0) is 4.74 Å². The van der Waals surface area contributed by atoms with E-state index < -0.39 is 0 Å². The first-order valence-corrected chi connectivity index (χ1v) is 6.34. The van der Waals surface area contributed by atoms with Gasteiger partial charge < -0.3 is 19.9 Å². The van der Waals surface area contributed by atoms with Crippen LogP contribution in [-0.4, -0.2) is 26.9 Å². The van der Waals surface area contributed by atoms with Gasteiger partial charge in [-0.25, -0.2) is 0 Å². The average molecular weight is 251 g/mol. The standard InChI is InChI=1S/C14H21NO3/c1-10(15)12-3-4-13(14(7-12)16-2)18-9-11-5-6-17-8-11/h3-4,7,10-11H,5-6,8-9,15H2,1-2H3. The van der Waals surface area contributed by atoms with Crippen molar-refractivity contribution in [3.63, 3.8) is 0 Å². The Kier molecular flexibility index (Phi) is 4.44. The number of hydrogen-bond acceptors (Lipinski definition) is 4. The molecule has 1 heterocycles. The van der Waals surface area contributed by atoms with E-state index in [0.717, 1.165) is 36.7 Å². The van der Waals surface area contributed by atoms with Crippen LogP contribution in [0.3, 0.4) is 0 Å². The molecule has 4 heteroatoms. The fourth-order valence-corrected chi connectivity index (χ4v) is 2.01. The van der Waals surface area contributed by atoms with Gasteiger partial charge >= 0.3 is 0 Å². The maximum Gasteiger partial charge on any atom is 0.161 e. The predicted molar refractivity (Wildman–Crippen MR) is 70.0 cm³/mol. The zero-order chi connectivity index (χ0) is 13.0. The van der Waals surface area contributed by atoms with Gasteiger partial charge in [-0.2, -0.15) is 0 Å². The normalized spacial score (nSPS) is 20.7. The molecule has 1 aliphatic rings. The Morgan fingerprint density at radius 1 is 1.44 bits per heavy atom. The summed E-state index contributed by atoms with van der Waals surface area (Å²) < 4.78 is 16.5. The number of benzene rings is 1. The smallest absolute Gasteiger partial charge is 0.161 e. The molecule has 2 N–H and O–H groups in total. The quantitative estimate of drug-likeness (QED) is 0.871. The van der Waals surface area contributed by atoms with Crippen molar-refractivity contribution < 1.29 is 14.2 Å². The van der Waals surface area contributed by atoms with Crippen LogP contribution in [0.5, 0.6) is 11.5 Å². The van der Waals surface area contributed by atoms with E-state index in [0.29, 0.717) is 12.5 Å². The van der Waals surface area contributed by atoms with Crippen molar-refractivity contribution >= 4 is 0 Å². The fraction of sp³-hybridized carbons (Fsp3) is 0.571. The molecular formula is C14H21NO3. The molecule has 0 spiro atoms. The predicted octanol–water partition coefficient (Wildman–Crippen LogP) is 2.13. The third kappa shape index (κ3) is 3.15. The van der Waals surface area contributed by atoms with Crippen molar-refractivity contribution in [3.8, 4) is 11.5 Å². The number of ether oxygens (including phenoxy) is 3. The molecule has 0 amide bonds. The SMILES string of the molecule is COc1cc(C(C)N)ccc1OCC1CCOC1. The number of methoxy groups -OCH3 is 1. The van der Waals surface area contributed by atoms with E-state index in [4.69, 9.17) is 19.9 Å². The molecule has 1 aromatic rings. The minimum Gasteiger partial charge on any atom is -0.493 e. The molecule has 0 aromatic heterocycles. The fourth-order valence-electron chi connectivity index (χ4n) is 2.01. The van der Waals surface area contributed by atoms with Crippen LogP contribution in [0.1, 0.15) is 24.9 Å². The topological polar surface area (TPSA) is 53.7 Å². The Hall–Kier alpha value is -1.26. The summed E-state index contributed by atoms with van der Waals surface area (Å²) in [6, 6.07) is 5.84. The molecule has 4 nitrogen and oxygen atoms in total. The van der Waals surface area contributed by atoms with Crippen LogP contribution < -0.4 is 15.2 Å². The van der Waals surface area contributed by atoms with Gasteiger partial charge in [0.05, 0.1) is 20.3 Å². The first-order valence-electron chi connectivity index (χ1n) is 6.34. The molecular weight excluding hydrogens is 230 g/mol. The molecule has 100 valence electrons. The summed E-state index contributed by atoms with van der Waals surface area (Å²) >= 11 is 0. The zero-order valence-electron chi connectivity index (χ0n) is 11.0. The second kappa shape index (κ2) is 6.07. The molecule has 18 heavy (non-hydrogen) atoms. The Bertz CT molecular complexity index is 387. The molecule has 1 saturated heterocycles. The molecule has 2 unspecified atom stereocenters. The van der Waals surface area contributed by atoms with E-state index in [1.165, 1.54) is 0 Å². The Morgan fingerprint density at radius 2 is 2.28 bits per heavy atom. The maximum absolute atomic E-state index is 5.85. The second-order valence-corrected chi connectivity index (χ2v) is 4.74. The summed E-state index contributed by atoms with van der Waals surface area (Å²) in [7, 11) is 1.64. The van der Waals surface area contributed by atoms with Crippen LogP contribution in [0, 0.1) is 5.92 Å². The lowest BCUT2D eigenvalue weighted by atomic mass is 10.1. The summed E-state index contributed by atoms with van der Waals surface area (Å²) in [4.78, 5) is 0. The van der Waals surface area contributed by atoms with Gasteiger partial charge in [-0.05, 0) is 31.0 Å². The van der Waals surface area contributed by atoms with Crippen molar-refractivity contribution in [1.82, 2.24) is 0 Å². The Morgan fingerprint density at radius 3 is 2.89 bits per heavy atom. The summed E-state index contributed by atoms with van der Waals surface area (Å²) in [6.07, 6.45) is 1.07. The van der Waals surface area contributed by atoms with Gasteiger partial charge in [0.2, 0.25) is 0 Å². The van der Waals surface area contributed by atoms with E-state index in [1.54, 1.807) is 7.11 Å². The van der Waals surface area contributed by atoms with Crippen molar-refractivity contribution in [1.29, 1.82) is 0 Å². The van der Waals surface area contributed by atoms with Crippen LogP contribution in [0.15, 0.2) is 18.2 Å². The van der Waals surface area contributed by atoms with Crippen molar-refractivity contribution in [2.45, 2.75) is 19.4 Å².